The van der Waals surface area contributed by atoms with Gasteiger partial charge in [0.15, 0.2) is 5.65 Å². The van der Waals surface area contributed by atoms with Crippen molar-refractivity contribution in [3.63, 3.8) is 0 Å². The maximum Gasteiger partial charge on any atom is 0.410 e. The van der Waals surface area contributed by atoms with Crippen molar-refractivity contribution in [1.82, 2.24) is 19.4 Å². The summed E-state index contributed by atoms with van der Waals surface area (Å²) in [7, 11) is -1.17. The molecular formula is C22H35Cl2N5O3Si. The van der Waals surface area contributed by atoms with E-state index in [1.165, 1.54) is 0 Å². The van der Waals surface area contributed by atoms with Gasteiger partial charge in [-0.15, -0.1) is 0 Å². The van der Waals surface area contributed by atoms with Crippen LogP contribution < -0.4 is 5.32 Å². The second kappa shape index (κ2) is 10.4. The molecule has 1 N–H and O–H groups in total. The van der Waals surface area contributed by atoms with Crippen molar-refractivity contribution in [2.24, 2.45) is 0 Å². The summed E-state index contributed by atoms with van der Waals surface area (Å²) < 4.78 is 13.3. The molecule has 2 aromatic rings. The van der Waals surface area contributed by atoms with Crippen molar-refractivity contribution in [2.75, 3.05) is 25.0 Å². The van der Waals surface area contributed by atoms with Crippen molar-refractivity contribution >= 4 is 54.2 Å². The summed E-state index contributed by atoms with van der Waals surface area (Å²) in [4.78, 5) is 23.0. The zero-order valence-corrected chi connectivity index (χ0v) is 22.9. The number of hydrogen-bond donors (Lipinski definition) is 1. The smallest absolute Gasteiger partial charge is 0.410 e. The maximum atomic E-state index is 12.5. The molecule has 1 amide bonds. The van der Waals surface area contributed by atoms with E-state index >= 15 is 0 Å². The van der Waals surface area contributed by atoms with Gasteiger partial charge in [0.05, 0.1) is 10.4 Å². The van der Waals surface area contributed by atoms with Gasteiger partial charge in [0.25, 0.3) is 0 Å². The molecule has 1 saturated heterocycles. The molecule has 8 nitrogen and oxygen atoms in total. The number of amides is 1. The van der Waals surface area contributed by atoms with Crippen LogP contribution in [0.3, 0.4) is 0 Å². The lowest BCUT2D eigenvalue weighted by molar-refractivity contribution is 0.0206. The SMILES string of the molecule is CC(C)(C)OC(=O)N1CCCC(Nc2nc(Cl)nc3c2c(Cl)cn3COCC[Si](C)(C)C)C1. The lowest BCUT2D eigenvalue weighted by atomic mass is 10.1. The molecule has 0 aromatic carbocycles. The highest BCUT2D eigenvalue weighted by molar-refractivity contribution is 6.76. The van der Waals surface area contributed by atoms with E-state index in [4.69, 9.17) is 32.7 Å². The Morgan fingerprint density at radius 1 is 1.27 bits per heavy atom. The van der Waals surface area contributed by atoms with Crippen LogP contribution in [0, 0.1) is 0 Å². The molecular weight excluding hydrogens is 481 g/mol. The minimum Gasteiger partial charge on any atom is -0.444 e. The topological polar surface area (TPSA) is 81.5 Å². The molecule has 0 spiro atoms. The minimum atomic E-state index is -1.17. The first kappa shape index (κ1) is 26.1. The van der Waals surface area contributed by atoms with Crippen LogP contribution in [-0.2, 0) is 16.2 Å². The first-order valence-corrected chi connectivity index (χ1v) is 15.8. The van der Waals surface area contributed by atoms with Crippen molar-refractivity contribution in [3.05, 3.63) is 16.5 Å². The number of hydrogen-bond acceptors (Lipinski definition) is 6. The van der Waals surface area contributed by atoms with E-state index < -0.39 is 13.7 Å². The van der Waals surface area contributed by atoms with E-state index in [-0.39, 0.29) is 17.4 Å². The number of carbonyl (C=O) groups excluding carboxylic acids is 1. The lowest BCUT2D eigenvalue weighted by Gasteiger charge is -2.34. The van der Waals surface area contributed by atoms with Gasteiger partial charge >= 0.3 is 6.09 Å². The van der Waals surface area contributed by atoms with Gasteiger partial charge < -0.3 is 24.3 Å². The van der Waals surface area contributed by atoms with Crippen molar-refractivity contribution in [3.8, 4) is 0 Å². The minimum absolute atomic E-state index is 0.00662. The van der Waals surface area contributed by atoms with Gasteiger partial charge in [0, 0.05) is 40.0 Å². The van der Waals surface area contributed by atoms with E-state index in [0.717, 1.165) is 18.9 Å². The largest absolute Gasteiger partial charge is 0.444 e. The fourth-order valence-corrected chi connectivity index (χ4v) is 4.85. The summed E-state index contributed by atoms with van der Waals surface area (Å²) >= 11 is 12.8. The molecule has 0 saturated carbocycles. The van der Waals surface area contributed by atoms with Crippen molar-refractivity contribution in [1.29, 1.82) is 0 Å². The highest BCUT2D eigenvalue weighted by Gasteiger charge is 2.28. The van der Waals surface area contributed by atoms with Gasteiger partial charge in [-0.25, -0.2) is 4.79 Å². The number of halogens is 2. The van der Waals surface area contributed by atoms with Crippen LogP contribution >= 0.6 is 23.2 Å². The Bertz CT molecular complexity index is 987. The zero-order valence-electron chi connectivity index (χ0n) is 20.4. The Labute approximate surface area is 206 Å². The third-order valence-corrected chi connectivity index (χ3v) is 7.44. The summed E-state index contributed by atoms with van der Waals surface area (Å²) in [5.41, 5.74) is 0.0903. The van der Waals surface area contributed by atoms with Crippen molar-refractivity contribution < 1.29 is 14.3 Å². The molecule has 1 unspecified atom stereocenters. The normalized spacial score (nSPS) is 17.5. The Balaban J connectivity index is 1.74. The van der Waals surface area contributed by atoms with Crippen LogP contribution in [0.25, 0.3) is 11.0 Å². The number of nitrogens with one attached hydrogen (secondary N) is 1. The molecule has 3 heterocycles. The standard InChI is InChI=1S/C22H35Cl2N5O3Si/c1-22(2,3)32-21(30)28-9-7-8-15(12-28)25-18-17-16(23)13-29(19(17)27-20(24)26-18)14-31-10-11-33(4,5)6/h13,15H,7-12,14H2,1-6H3,(H,25,26,27). The lowest BCUT2D eigenvalue weighted by Crippen LogP contribution is -2.47. The Kier molecular flexibility index (Phi) is 8.19. The van der Waals surface area contributed by atoms with E-state index in [1.54, 1.807) is 11.1 Å². The van der Waals surface area contributed by atoms with E-state index in [0.29, 0.717) is 48.3 Å². The maximum absolute atomic E-state index is 12.5. The first-order chi connectivity index (χ1) is 15.3. The molecule has 0 radical (unpaired) electrons. The Hall–Kier alpha value is -1.55. The fourth-order valence-electron chi connectivity index (χ4n) is 3.64. The molecule has 2 aromatic heterocycles. The van der Waals surface area contributed by atoms with E-state index in [2.05, 4.69) is 34.9 Å². The molecule has 1 fully saturated rings. The van der Waals surface area contributed by atoms with Crippen LogP contribution in [0.5, 0.6) is 0 Å². The van der Waals surface area contributed by atoms with Crippen molar-refractivity contribution in [2.45, 2.75) is 77.7 Å². The number of piperidine rings is 1. The molecule has 1 atom stereocenters. The number of ether oxygens (including phenoxy) is 2. The van der Waals surface area contributed by atoms with Crippen LogP contribution in [-0.4, -0.2) is 64.9 Å². The highest BCUT2D eigenvalue weighted by Crippen LogP contribution is 2.32. The summed E-state index contributed by atoms with van der Waals surface area (Å²) in [6.07, 6.45) is 3.24. The predicted molar refractivity (Wildman–Crippen MR) is 136 cm³/mol. The summed E-state index contributed by atoms with van der Waals surface area (Å²) in [5.74, 6) is 0.562. The molecule has 0 aliphatic carbocycles. The average molecular weight is 517 g/mol. The molecule has 11 heteroatoms. The quantitative estimate of drug-likeness (QED) is 0.282. The Morgan fingerprint density at radius 3 is 2.67 bits per heavy atom. The Morgan fingerprint density at radius 2 is 2.00 bits per heavy atom. The van der Waals surface area contributed by atoms with Gasteiger partial charge in [-0.05, 0) is 51.3 Å². The number of anilines is 1. The first-order valence-electron chi connectivity index (χ1n) is 11.4. The summed E-state index contributed by atoms with van der Waals surface area (Å²) in [6.45, 7) is 14.8. The molecule has 1 aliphatic rings. The highest BCUT2D eigenvalue weighted by atomic mass is 35.5. The van der Waals surface area contributed by atoms with Gasteiger partial charge in [-0.2, -0.15) is 9.97 Å². The number of nitrogens with zero attached hydrogens (tertiary/aromatic N) is 4. The molecule has 0 bridgehead atoms. The van der Waals surface area contributed by atoms with Crippen LogP contribution in [0.15, 0.2) is 6.20 Å². The zero-order chi connectivity index (χ0) is 24.4. The second-order valence-corrected chi connectivity index (χ2v) is 17.1. The van der Waals surface area contributed by atoms with Gasteiger partial charge in [0.1, 0.15) is 18.1 Å². The van der Waals surface area contributed by atoms with Gasteiger partial charge in [-0.3, -0.25) is 0 Å². The molecule has 33 heavy (non-hydrogen) atoms. The van der Waals surface area contributed by atoms with Crippen LogP contribution in [0.4, 0.5) is 10.6 Å². The van der Waals surface area contributed by atoms with Gasteiger partial charge in [0.2, 0.25) is 5.28 Å². The summed E-state index contributed by atoms with van der Waals surface area (Å²) in [6, 6.07) is 1.08. The van der Waals surface area contributed by atoms with E-state index in [9.17, 15) is 4.79 Å². The third kappa shape index (κ3) is 7.47. The third-order valence-electron chi connectivity index (χ3n) is 5.28. The van der Waals surface area contributed by atoms with Crippen LogP contribution in [0.1, 0.15) is 33.6 Å². The monoisotopic (exact) mass is 515 g/mol. The molecule has 184 valence electrons. The molecule has 3 rings (SSSR count). The van der Waals surface area contributed by atoms with Crippen LogP contribution in [0.2, 0.25) is 36.0 Å². The number of aromatic nitrogens is 3. The number of rotatable bonds is 7. The van der Waals surface area contributed by atoms with E-state index in [1.807, 2.05) is 25.3 Å². The van der Waals surface area contributed by atoms with Gasteiger partial charge in [-0.1, -0.05) is 31.2 Å². The number of carbonyl (C=O) groups is 1. The fraction of sp³-hybridized carbons (Fsp3) is 0.682. The number of fused-ring (bicyclic) bond motifs is 1. The average Bonchev–Trinajstić information content (AvgIpc) is 2.99. The predicted octanol–water partition coefficient (Wildman–Crippen LogP) is 5.86. The second-order valence-electron chi connectivity index (χ2n) is 10.7. The summed E-state index contributed by atoms with van der Waals surface area (Å²) in [5, 5.41) is 4.79. The molecule has 1 aliphatic heterocycles. The number of likely N-dealkylation sites (tertiary alicyclic amines) is 1.